The first-order valence-electron chi connectivity index (χ1n) is 4.09. The summed E-state index contributed by atoms with van der Waals surface area (Å²) in [5.74, 6) is 0.0119. The normalized spacial score (nSPS) is 12.6. The summed E-state index contributed by atoms with van der Waals surface area (Å²) >= 11 is 12.6. The van der Waals surface area contributed by atoms with Gasteiger partial charge in [-0.3, -0.25) is 4.79 Å². The third-order valence-corrected chi connectivity index (χ3v) is 3.32. The van der Waals surface area contributed by atoms with Crippen LogP contribution in [0.2, 0.25) is 5.02 Å². The van der Waals surface area contributed by atoms with Crippen molar-refractivity contribution in [3.05, 3.63) is 34.3 Å². The van der Waals surface area contributed by atoms with Crippen LogP contribution in [0.3, 0.4) is 0 Å². The van der Waals surface area contributed by atoms with Gasteiger partial charge in [-0.2, -0.15) is 0 Å². The zero-order valence-electron chi connectivity index (χ0n) is 7.56. The van der Waals surface area contributed by atoms with Crippen molar-refractivity contribution in [1.29, 1.82) is 0 Å². The maximum Gasteiger partial charge on any atom is 0.177 e. The fraction of sp³-hybridized carbons (Fsp3) is 0.300. The maximum atomic E-state index is 11.7. The molecule has 1 rings (SSSR count). The van der Waals surface area contributed by atoms with Gasteiger partial charge in [-0.05, 0) is 18.6 Å². The van der Waals surface area contributed by atoms with Crippen molar-refractivity contribution in [2.24, 2.45) is 0 Å². The Kier molecular flexibility index (Phi) is 4.61. The number of Topliss-reactive ketones (excluding diaryl/α,β-unsaturated/α-hetero) is 1. The van der Waals surface area contributed by atoms with Crippen LogP contribution < -0.4 is 0 Å². The van der Waals surface area contributed by atoms with Gasteiger partial charge in [0.2, 0.25) is 0 Å². The number of alkyl halides is 2. The number of hydrogen-bond acceptors (Lipinski definition) is 1. The van der Waals surface area contributed by atoms with Crippen LogP contribution >= 0.6 is 43.5 Å². The number of hydrogen-bond donors (Lipinski definition) is 0. The van der Waals surface area contributed by atoms with Gasteiger partial charge < -0.3 is 0 Å². The summed E-state index contributed by atoms with van der Waals surface area (Å²) in [5, 5.41) is 1.20. The molecule has 1 aromatic rings. The predicted octanol–water partition coefficient (Wildman–Crippen LogP) is 4.20. The fourth-order valence-electron chi connectivity index (χ4n) is 1.09. The average molecular weight is 340 g/mol. The molecule has 0 radical (unpaired) electrons. The lowest BCUT2D eigenvalue weighted by Crippen LogP contribution is -2.11. The van der Waals surface area contributed by atoms with Crippen molar-refractivity contribution < 1.29 is 4.79 Å². The molecule has 0 aromatic heterocycles. The number of halogens is 3. The van der Waals surface area contributed by atoms with Crippen LogP contribution in [-0.2, 0) is 5.33 Å². The monoisotopic (exact) mass is 338 g/mol. The van der Waals surface area contributed by atoms with E-state index in [9.17, 15) is 4.79 Å². The van der Waals surface area contributed by atoms with E-state index in [0.29, 0.717) is 15.9 Å². The van der Waals surface area contributed by atoms with E-state index in [-0.39, 0.29) is 10.6 Å². The van der Waals surface area contributed by atoms with Gasteiger partial charge in [-0.25, -0.2) is 0 Å². The van der Waals surface area contributed by atoms with E-state index in [0.717, 1.165) is 5.56 Å². The Bertz CT molecular complexity index is 350. The molecule has 0 spiro atoms. The molecule has 0 saturated heterocycles. The lowest BCUT2D eigenvalue weighted by molar-refractivity contribution is 0.0996. The van der Waals surface area contributed by atoms with Crippen LogP contribution in [0.15, 0.2) is 18.2 Å². The van der Waals surface area contributed by atoms with Gasteiger partial charge in [-0.15, -0.1) is 0 Å². The minimum atomic E-state index is -0.203. The molecule has 0 N–H and O–H groups in total. The van der Waals surface area contributed by atoms with Crippen LogP contribution in [-0.4, -0.2) is 10.6 Å². The quantitative estimate of drug-likeness (QED) is 0.595. The fourth-order valence-corrected chi connectivity index (χ4v) is 2.25. The van der Waals surface area contributed by atoms with Gasteiger partial charge in [0.05, 0.1) is 9.85 Å². The second-order valence-electron chi connectivity index (χ2n) is 2.89. The topological polar surface area (TPSA) is 17.1 Å². The van der Waals surface area contributed by atoms with Crippen LogP contribution in [0.5, 0.6) is 0 Å². The molecule has 4 heteroatoms. The minimum Gasteiger partial charge on any atom is -0.293 e. The van der Waals surface area contributed by atoms with E-state index >= 15 is 0 Å². The molecule has 0 aliphatic rings. The highest BCUT2D eigenvalue weighted by Crippen LogP contribution is 2.25. The first-order valence-corrected chi connectivity index (χ1v) is 6.51. The number of benzene rings is 1. The van der Waals surface area contributed by atoms with Crippen LogP contribution in [0.1, 0.15) is 22.8 Å². The molecule has 14 heavy (non-hydrogen) atoms. The molecule has 0 aliphatic carbocycles. The summed E-state index contributed by atoms with van der Waals surface area (Å²) in [6, 6.07) is 5.48. The van der Waals surface area contributed by atoms with Gasteiger partial charge in [0.25, 0.3) is 0 Å². The zero-order chi connectivity index (χ0) is 10.7. The van der Waals surface area contributed by atoms with Crippen molar-refractivity contribution >= 4 is 49.2 Å². The van der Waals surface area contributed by atoms with Crippen LogP contribution in [0, 0.1) is 0 Å². The molecule has 0 saturated carbocycles. The molecule has 76 valence electrons. The number of carbonyl (C=O) groups excluding carboxylic acids is 1. The third-order valence-electron chi connectivity index (χ3n) is 1.85. The van der Waals surface area contributed by atoms with E-state index < -0.39 is 0 Å². The van der Waals surface area contributed by atoms with E-state index in [1.165, 1.54) is 0 Å². The van der Waals surface area contributed by atoms with E-state index in [1.807, 2.05) is 12.1 Å². The predicted molar refractivity (Wildman–Crippen MR) is 66.8 cm³/mol. The van der Waals surface area contributed by atoms with Crippen LogP contribution in [0.4, 0.5) is 0 Å². The Balaban J connectivity index is 3.16. The van der Waals surface area contributed by atoms with Gasteiger partial charge in [0.1, 0.15) is 0 Å². The molecule has 0 heterocycles. The summed E-state index contributed by atoms with van der Waals surface area (Å²) < 4.78 is 0. The van der Waals surface area contributed by atoms with Gasteiger partial charge >= 0.3 is 0 Å². The summed E-state index contributed by atoms with van der Waals surface area (Å²) in [5.41, 5.74) is 1.51. The molecule has 1 aromatic carbocycles. The zero-order valence-corrected chi connectivity index (χ0v) is 11.5. The van der Waals surface area contributed by atoms with Crippen molar-refractivity contribution in [2.75, 3.05) is 0 Å². The van der Waals surface area contributed by atoms with E-state index in [4.69, 9.17) is 11.6 Å². The van der Waals surface area contributed by atoms with Crippen molar-refractivity contribution in [1.82, 2.24) is 0 Å². The summed E-state index contributed by atoms with van der Waals surface area (Å²) in [6.45, 7) is 1.79. The van der Waals surface area contributed by atoms with Gasteiger partial charge in [0.15, 0.2) is 5.78 Å². The third kappa shape index (κ3) is 2.59. The number of carbonyl (C=O) groups is 1. The largest absolute Gasteiger partial charge is 0.293 e. The van der Waals surface area contributed by atoms with Crippen molar-refractivity contribution in [3.63, 3.8) is 0 Å². The number of ketones is 1. The highest BCUT2D eigenvalue weighted by molar-refractivity contribution is 9.10. The Labute approximate surface area is 105 Å². The van der Waals surface area contributed by atoms with E-state index in [1.54, 1.807) is 13.0 Å². The molecule has 1 atom stereocenters. The lowest BCUT2D eigenvalue weighted by Gasteiger charge is -2.07. The highest BCUT2D eigenvalue weighted by atomic mass is 79.9. The Morgan fingerprint density at radius 3 is 2.71 bits per heavy atom. The standard InChI is InChI=1S/C10H9Br2ClO/c1-6(12)10(14)8-4-2-3-7(5-11)9(8)13/h2-4,6H,5H2,1H3. The smallest absolute Gasteiger partial charge is 0.177 e. The summed E-state index contributed by atoms with van der Waals surface area (Å²) in [4.78, 5) is 11.5. The highest BCUT2D eigenvalue weighted by Gasteiger charge is 2.16. The second-order valence-corrected chi connectivity index (χ2v) is 5.20. The molecular weight excluding hydrogens is 331 g/mol. The first-order chi connectivity index (χ1) is 6.57. The summed E-state index contributed by atoms with van der Waals surface area (Å²) in [7, 11) is 0. The second kappa shape index (κ2) is 5.29. The van der Waals surface area contributed by atoms with Gasteiger partial charge in [0, 0.05) is 10.9 Å². The minimum absolute atomic E-state index is 0.0119. The Hall–Kier alpha value is 0.140. The molecule has 1 nitrogen and oxygen atoms in total. The lowest BCUT2D eigenvalue weighted by atomic mass is 10.1. The molecule has 1 unspecified atom stereocenters. The van der Waals surface area contributed by atoms with Gasteiger partial charge in [-0.1, -0.05) is 55.6 Å². The van der Waals surface area contributed by atoms with Crippen molar-refractivity contribution in [2.45, 2.75) is 17.1 Å². The average Bonchev–Trinajstić information content (AvgIpc) is 2.17. The molecule has 0 bridgehead atoms. The van der Waals surface area contributed by atoms with Crippen molar-refractivity contribution in [3.8, 4) is 0 Å². The first kappa shape index (κ1) is 12.2. The Morgan fingerprint density at radius 1 is 1.57 bits per heavy atom. The maximum absolute atomic E-state index is 11.7. The molecule has 0 aliphatic heterocycles. The molecular formula is C10H9Br2ClO. The molecule has 0 amide bonds. The number of rotatable bonds is 3. The molecule has 0 fully saturated rings. The summed E-state index contributed by atoms with van der Waals surface area (Å²) in [6.07, 6.45) is 0. The van der Waals surface area contributed by atoms with Crippen LogP contribution in [0.25, 0.3) is 0 Å². The Morgan fingerprint density at radius 2 is 2.21 bits per heavy atom. The SMILES string of the molecule is CC(Br)C(=O)c1cccc(CBr)c1Cl. The van der Waals surface area contributed by atoms with E-state index in [2.05, 4.69) is 31.9 Å².